The van der Waals surface area contributed by atoms with Crippen molar-refractivity contribution in [3.05, 3.63) is 95.1 Å². The van der Waals surface area contributed by atoms with Crippen LogP contribution >= 0.6 is 45.7 Å². The van der Waals surface area contributed by atoms with Crippen molar-refractivity contribution in [2.45, 2.75) is 0 Å². The van der Waals surface area contributed by atoms with Crippen LogP contribution in [0.2, 0.25) is 0 Å². The molecule has 42 heavy (non-hydrogen) atoms. The lowest BCUT2D eigenvalue weighted by Gasteiger charge is -2.15. The molecule has 0 amide bonds. The van der Waals surface area contributed by atoms with Crippen molar-refractivity contribution >= 4 is 87.1 Å². The lowest BCUT2D eigenvalue weighted by molar-refractivity contribution is 0.103. The molecule has 0 radical (unpaired) electrons. The number of hydrogen-bond acceptors (Lipinski definition) is 10. The topological polar surface area (TPSA) is 85.7 Å². The summed E-state index contributed by atoms with van der Waals surface area (Å²) in [5.41, 5.74) is 8.24. The lowest BCUT2D eigenvalue weighted by Crippen LogP contribution is -2.09. The van der Waals surface area contributed by atoms with Crippen LogP contribution < -0.4 is 0 Å². The maximum Gasteiger partial charge on any atom is 0.194 e. The Morgan fingerprint density at radius 2 is 0.857 bits per heavy atom. The van der Waals surface area contributed by atoms with Gasteiger partial charge in [0.2, 0.25) is 0 Å². The third kappa shape index (κ3) is 2.87. The van der Waals surface area contributed by atoms with E-state index in [1.54, 1.807) is 22.7 Å². The van der Waals surface area contributed by atoms with Crippen LogP contribution in [0.1, 0.15) is 31.8 Å². The minimum Gasteiger partial charge on any atom is -0.289 e. The molecular weight excluding hydrogens is 601 g/mol. The van der Waals surface area contributed by atoms with Gasteiger partial charge in [-0.1, -0.05) is 71.2 Å². The molecule has 4 aromatic carbocycles. The first-order valence-electron chi connectivity index (χ1n) is 13.1. The Labute approximate surface area is 252 Å². The first-order chi connectivity index (χ1) is 20.7. The van der Waals surface area contributed by atoms with Gasteiger partial charge in [-0.25, -0.2) is 9.97 Å². The number of benzene rings is 4. The minimum atomic E-state index is 0.0367. The molecule has 0 saturated heterocycles. The summed E-state index contributed by atoms with van der Waals surface area (Å²) in [6.45, 7) is 0. The molecule has 0 bridgehead atoms. The van der Waals surface area contributed by atoms with Crippen molar-refractivity contribution in [2.24, 2.45) is 0 Å². The van der Waals surface area contributed by atoms with E-state index in [0.29, 0.717) is 22.3 Å². The van der Waals surface area contributed by atoms with Gasteiger partial charge in [0.15, 0.2) is 21.2 Å². The first kappa shape index (κ1) is 23.1. The van der Waals surface area contributed by atoms with Crippen LogP contribution in [0.3, 0.4) is 0 Å². The van der Waals surface area contributed by atoms with Crippen LogP contribution in [-0.4, -0.2) is 30.3 Å². The molecule has 196 valence electrons. The molecule has 0 unspecified atom stereocenters. The Bertz CT molecular complexity index is 2330. The number of carbonyl (C=O) groups is 2. The van der Waals surface area contributed by atoms with Crippen molar-refractivity contribution in [2.75, 3.05) is 0 Å². The summed E-state index contributed by atoms with van der Waals surface area (Å²) in [7, 11) is 0. The van der Waals surface area contributed by atoms with Gasteiger partial charge in [0.05, 0.1) is 20.8 Å². The number of hydrogen-bond donors (Lipinski definition) is 0. The predicted molar refractivity (Wildman–Crippen MR) is 170 cm³/mol. The quantitative estimate of drug-likeness (QED) is 0.194. The smallest absolute Gasteiger partial charge is 0.194 e. The van der Waals surface area contributed by atoms with Crippen LogP contribution in [0.25, 0.3) is 73.5 Å². The van der Waals surface area contributed by atoms with Gasteiger partial charge >= 0.3 is 0 Å². The van der Waals surface area contributed by atoms with Gasteiger partial charge in [0, 0.05) is 55.3 Å². The van der Waals surface area contributed by atoms with Crippen molar-refractivity contribution < 1.29 is 9.59 Å². The second-order valence-electron chi connectivity index (χ2n) is 10.2. The average Bonchev–Trinajstić information content (AvgIpc) is 3.81. The molecule has 0 fully saturated rings. The summed E-state index contributed by atoms with van der Waals surface area (Å²) in [6.07, 6.45) is 0. The number of ketones is 2. The molecule has 2 aliphatic rings. The minimum absolute atomic E-state index is 0.0367. The van der Waals surface area contributed by atoms with E-state index in [2.05, 4.69) is 0 Å². The van der Waals surface area contributed by atoms with Crippen LogP contribution in [0.5, 0.6) is 0 Å². The van der Waals surface area contributed by atoms with Crippen molar-refractivity contribution in [3.63, 3.8) is 0 Å². The van der Waals surface area contributed by atoms with Gasteiger partial charge in [-0.3, -0.25) is 9.59 Å². The van der Waals surface area contributed by atoms with Gasteiger partial charge in [-0.15, -0.1) is 0 Å². The van der Waals surface area contributed by atoms with Gasteiger partial charge < -0.3 is 0 Å². The molecule has 0 spiro atoms. The second-order valence-corrected chi connectivity index (χ2v) is 13.7. The van der Waals surface area contributed by atoms with E-state index in [4.69, 9.17) is 18.7 Å². The fourth-order valence-electron chi connectivity index (χ4n) is 6.12. The van der Waals surface area contributed by atoms with E-state index in [-0.39, 0.29) is 11.6 Å². The van der Waals surface area contributed by atoms with E-state index < -0.39 is 0 Å². The highest BCUT2D eigenvalue weighted by atomic mass is 32.1. The molecule has 4 heterocycles. The predicted octanol–water partition coefficient (Wildman–Crippen LogP) is 8.73. The molecule has 10 heteroatoms. The van der Waals surface area contributed by atoms with Gasteiger partial charge in [-0.2, -0.15) is 8.75 Å². The molecule has 0 saturated carbocycles. The lowest BCUT2D eigenvalue weighted by atomic mass is 9.87. The molecule has 0 atom stereocenters. The molecule has 2 aliphatic carbocycles. The maximum atomic E-state index is 13.3. The summed E-state index contributed by atoms with van der Waals surface area (Å²) >= 11 is 5.92. The summed E-state index contributed by atoms with van der Waals surface area (Å²) < 4.78 is 11.5. The second kappa shape index (κ2) is 8.08. The van der Waals surface area contributed by atoms with E-state index in [1.165, 1.54) is 23.1 Å². The zero-order valence-electron chi connectivity index (χ0n) is 21.2. The Hall–Kier alpha value is -4.48. The molecule has 4 aromatic heterocycles. The molecule has 8 aromatic rings. The molecular formula is C32H12N4O2S4. The SMILES string of the molecule is O=C1c2ccccc2-c2nsc3c(-c4nc5sc(-c6ccc7c8c(nsc68)-c6ccccc6C7=O)nc5s4)ccc1c23. The van der Waals surface area contributed by atoms with Crippen molar-refractivity contribution in [1.29, 1.82) is 0 Å². The number of carbonyl (C=O) groups excluding carboxylic acids is 2. The molecule has 0 N–H and O–H groups in total. The molecule has 0 aliphatic heterocycles. The number of nitrogens with zero attached hydrogens (tertiary/aromatic N) is 4. The van der Waals surface area contributed by atoms with Crippen molar-refractivity contribution in [1.82, 2.24) is 18.7 Å². The number of thiazole rings is 2. The molecule has 6 nitrogen and oxygen atoms in total. The van der Waals surface area contributed by atoms with E-state index in [9.17, 15) is 9.59 Å². The fourth-order valence-corrected chi connectivity index (χ4v) is 10.2. The van der Waals surface area contributed by atoms with E-state index in [0.717, 1.165) is 73.5 Å². The number of rotatable bonds is 2. The highest BCUT2D eigenvalue weighted by molar-refractivity contribution is 7.30. The number of aromatic nitrogens is 4. The summed E-state index contributed by atoms with van der Waals surface area (Å²) in [5, 5.41) is 3.55. The van der Waals surface area contributed by atoms with Crippen LogP contribution in [0.15, 0.2) is 72.8 Å². The Morgan fingerprint density at radius 3 is 1.31 bits per heavy atom. The summed E-state index contributed by atoms with van der Waals surface area (Å²) in [6, 6.07) is 23.1. The molecule has 10 rings (SSSR count). The van der Waals surface area contributed by atoms with Crippen LogP contribution in [0.4, 0.5) is 0 Å². The fraction of sp³-hybridized carbons (Fsp3) is 0. The van der Waals surface area contributed by atoms with Gasteiger partial charge in [-0.05, 0) is 47.3 Å². The van der Waals surface area contributed by atoms with Crippen LogP contribution in [0, 0.1) is 0 Å². The van der Waals surface area contributed by atoms with E-state index in [1.807, 2.05) is 72.8 Å². The Balaban J connectivity index is 1.10. The largest absolute Gasteiger partial charge is 0.289 e. The third-order valence-electron chi connectivity index (χ3n) is 8.02. The highest BCUT2D eigenvalue weighted by Gasteiger charge is 2.31. The van der Waals surface area contributed by atoms with Crippen molar-refractivity contribution in [3.8, 4) is 43.7 Å². The van der Waals surface area contributed by atoms with Gasteiger partial charge in [0.25, 0.3) is 0 Å². The first-order valence-corrected chi connectivity index (χ1v) is 16.2. The maximum absolute atomic E-state index is 13.3. The standard InChI is InChI=1S/C32H12N4O2S4/c37-25-15-7-3-1-5-13(15)23-21-17(25)9-11-19(27(21)41-35-23)29-33-31-32(39-29)34-30(40-31)20-12-10-18-22-24(36-42-28(20)22)14-6-2-4-8-16(14)26(18)38/h1-12H. The highest BCUT2D eigenvalue weighted by Crippen LogP contribution is 2.48. The van der Waals surface area contributed by atoms with Gasteiger partial charge in [0.1, 0.15) is 10.0 Å². The zero-order chi connectivity index (χ0) is 27.7. The normalized spacial score (nSPS) is 13.3. The average molecular weight is 613 g/mol. The number of fused-ring (bicyclic) bond motifs is 5. The monoisotopic (exact) mass is 612 g/mol. The zero-order valence-corrected chi connectivity index (χ0v) is 24.4. The van der Waals surface area contributed by atoms with E-state index >= 15 is 0 Å². The Morgan fingerprint density at radius 1 is 0.452 bits per heavy atom. The summed E-state index contributed by atoms with van der Waals surface area (Å²) in [5.74, 6) is 0.0735. The Kier molecular flexibility index (Phi) is 4.45. The van der Waals surface area contributed by atoms with Crippen LogP contribution in [-0.2, 0) is 0 Å². The third-order valence-corrected chi connectivity index (χ3v) is 11.9. The summed E-state index contributed by atoms with van der Waals surface area (Å²) in [4.78, 5) is 38.2.